The van der Waals surface area contributed by atoms with Gasteiger partial charge in [-0.15, -0.1) is 0 Å². The van der Waals surface area contributed by atoms with E-state index in [2.05, 4.69) is 113 Å². The molecular weight excluding hydrogens is 1100 g/mol. The fourth-order valence-corrected chi connectivity index (χ4v) is 7.18. The van der Waals surface area contributed by atoms with Gasteiger partial charge in [0.25, 0.3) is 11.8 Å². The Hall–Kier alpha value is -8.68. The average Bonchev–Trinajstić information content (AvgIpc) is 4.17. The summed E-state index contributed by atoms with van der Waals surface area (Å²) in [6.07, 6.45) is 8.30. The number of carboxylic acid groups (broad SMARTS) is 1. The summed E-state index contributed by atoms with van der Waals surface area (Å²) in [6, 6.07) is 0. The lowest BCUT2D eigenvalue weighted by atomic mass is 10.3. The molecule has 0 fully saturated rings. The zero-order valence-electron chi connectivity index (χ0n) is 44.1. The Morgan fingerprint density at radius 1 is 0.539 bits per heavy atom. The quantitative estimate of drug-likeness (QED) is 0.168. The molecular formula is C46H60IN23O6. The number of fused-ring (bicyclic) bond motifs is 5. The number of nitrogens with one attached hydrogen (secondary N) is 2. The summed E-state index contributed by atoms with van der Waals surface area (Å²) < 4.78 is 12.0. The fourth-order valence-electron chi connectivity index (χ4n) is 6.46. The molecule has 0 radical (unpaired) electrons. The lowest BCUT2D eigenvalue weighted by molar-refractivity contribution is 0.0593. The maximum atomic E-state index is 11.9. The molecule has 0 aromatic carbocycles. The molecule has 10 heterocycles. The van der Waals surface area contributed by atoms with Gasteiger partial charge in [-0.25, -0.2) is 59.4 Å². The summed E-state index contributed by atoms with van der Waals surface area (Å²) in [6.45, 7) is 8.90. The van der Waals surface area contributed by atoms with Gasteiger partial charge in [0.05, 0.1) is 38.1 Å². The summed E-state index contributed by atoms with van der Waals surface area (Å²) >= 11 is 2.17. The minimum absolute atomic E-state index is 0. The van der Waals surface area contributed by atoms with Crippen LogP contribution < -0.4 is 5.32 Å². The van der Waals surface area contributed by atoms with E-state index in [1.807, 2.05) is 28.1 Å². The zero-order chi connectivity index (χ0) is 55.6. The van der Waals surface area contributed by atoms with Crippen LogP contribution in [0.2, 0.25) is 0 Å². The Morgan fingerprint density at radius 2 is 0.868 bits per heavy atom. The number of nitrogens with zero attached hydrogens (tertiary/aromatic N) is 21. The first kappa shape index (κ1) is 59.9. The maximum Gasteiger partial charge on any atom is 0.360 e. The Balaban J connectivity index is 0.000000202. The van der Waals surface area contributed by atoms with Crippen LogP contribution in [-0.4, -0.2) is 187 Å². The highest BCUT2D eigenvalue weighted by molar-refractivity contribution is 14.1. The van der Waals surface area contributed by atoms with Gasteiger partial charge in [-0.05, 0) is 71.3 Å². The number of rotatable bonds is 4. The van der Waals surface area contributed by atoms with Crippen LogP contribution in [0.1, 0.15) is 78.5 Å². The van der Waals surface area contributed by atoms with E-state index >= 15 is 0 Å². The number of aryl methyl sites for hydroxylation is 9. The summed E-state index contributed by atoms with van der Waals surface area (Å²) in [5, 5.41) is 34.6. The first-order valence-corrected chi connectivity index (χ1v) is 23.3. The normalized spacial score (nSPS) is 10.4. The molecule has 3 N–H and O–H groups in total. The monoisotopic (exact) mass is 1160 g/mol. The van der Waals surface area contributed by atoms with E-state index in [0.717, 1.165) is 26.1 Å². The lowest BCUT2D eigenvalue weighted by Crippen LogP contribution is -2.22. The van der Waals surface area contributed by atoms with E-state index in [0.29, 0.717) is 73.3 Å². The number of carboxylic acids is 1. The molecule has 0 atom stereocenters. The lowest BCUT2D eigenvalue weighted by Gasteiger charge is -2.07. The molecule has 29 nitrogen and oxygen atoms in total. The van der Waals surface area contributed by atoms with Crippen molar-refractivity contribution in [2.24, 2.45) is 28.2 Å². The third-order valence-electron chi connectivity index (χ3n) is 10.0. The number of carbonyl (C=O) groups is 4. The molecule has 76 heavy (non-hydrogen) atoms. The molecule has 0 saturated heterocycles. The first-order chi connectivity index (χ1) is 35.4. The molecule has 2 amide bonds. The van der Waals surface area contributed by atoms with Gasteiger partial charge < -0.3 is 25.0 Å². The molecule has 0 saturated carbocycles. The van der Waals surface area contributed by atoms with Crippen LogP contribution in [0, 0.1) is 38.3 Å². The van der Waals surface area contributed by atoms with E-state index in [1.54, 1.807) is 122 Å². The number of methoxy groups -OCH3 is 1. The zero-order valence-corrected chi connectivity index (χ0v) is 46.3. The SMILES string of the molecule is C.CNC.COC(=O)c1nn(C)c2cnc(C)nc12.Cc1ncc2[nH]nc(C(=O)N(C)C)c2n1.Cc1ncc2c(n1)c(C(=O)N(C)C)nn2C.Cc1ncc2c(n1)c(C(=O)O)nn2C.Cc1ncc2c(n1)c(I)nn2C. The fraction of sp³-hybridized carbons (Fsp3) is 0.370. The number of aromatic amines is 1. The number of aromatic nitrogens is 20. The molecule has 0 unspecified atom stereocenters. The van der Waals surface area contributed by atoms with Crippen molar-refractivity contribution >= 4 is 102 Å². The van der Waals surface area contributed by atoms with Crippen LogP contribution in [0.25, 0.3) is 55.2 Å². The summed E-state index contributed by atoms with van der Waals surface area (Å²) in [7, 11) is 18.9. The summed E-state index contributed by atoms with van der Waals surface area (Å²) in [4.78, 5) is 89.9. The van der Waals surface area contributed by atoms with Crippen molar-refractivity contribution in [1.82, 2.24) is 114 Å². The first-order valence-electron chi connectivity index (χ1n) is 22.2. The number of amides is 2. The molecule has 10 aromatic rings. The van der Waals surface area contributed by atoms with E-state index in [4.69, 9.17) is 5.11 Å². The van der Waals surface area contributed by atoms with Crippen molar-refractivity contribution in [3.8, 4) is 0 Å². The highest BCUT2D eigenvalue weighted by atomic mass is 127. The van der Waals surface area contributed by atoms with Crippen molar-refractivity contribution in [3.05, 3.63) is 86.6 Å². The number of ether oxygens (including phenoxy) is 1. The second kappa shape index (κ2) is 26.0. The number of aromatic carboxylic acids is 1. The Kier molecular flexibility index (Phi) is 20.5. The van der Waals surface area contributed by atoms with Gasteiger partial charge in [-0.1, -0.05) is 7.43 Å². The standard InChI is InChI=1S/C10H13N5O.C9H11N5O.C9H10N4O2.C8H8N4O2.C7H7IN4.C2H7N.CH4/c1-6-11-5-7-8(12-6)9(13-15(7)4)10(16)14(2)3;1-5-10-4-6-7(11-5)8(13-12-6)9(15)14(2)3;1-5-10-4-6-7(11-5)8(9(14)15-3)12-13(6)2;1-4-9-3-5-6(10-4)7(8(13)14)11-12(5)2;1-4-9-3-5-6(10-4)7(8)11-12(5)2;1-3-2;/h5H,1-4H3;4H,1-3H3,(H,12,13);4H,1-3H3;3H,1-2H3,(H,13,14);3H,1-2H3;3H,1-2H3;1H4. The number of hydrogen-bond donors (Lipinski definition) is 3. The Morgan fingerprint density at radius 3 is 1.29 bits per heavy atom. The van der Waals surface area contributed by atoms with Crippen molar-refractivity contribution in [2.45, 2.75) is 42.0 Å². The largest absolute Gasteiger partial charge is 0.476 e. The number of halogens is 1. The maximum absolute atomic E-state index is 11.9. The van der Waals surface area contributed by atoms with E-state index in [1.165, 1.54) is 21.6 Å². The molecule has 10 aromatic heterocycles. The van der Waals surface area contributed by atoms with Gasteiger partial charge in [0.15, 0.2) is 22.8 Å². The second-order valence-electron chi connectivity index (χ2n) is 16.4. The molecule has 0 aliphatic rings. The molecule has 0 spiro atoms. The van der Waals surface area contributed by atoms with Crippen LogP contribution in [0.5, 0.6) is 0 Å². The second-order valence-corrected chi connectivity index (χ2v) is 17.4. The average molecular weight is 1160 g/mol. The van der Waals surface area contributed by atoms with Gasteiger partial charge in [-0.2, -0.15) is 25.5 Å². The summed E-state index contributed by atoms with van der Waals surface area (Å²) in [5.74, 6) is 1.29. The van der Waals surface area contributed by atoms with Crippen LogP contribution in [0.4, 0.5) is 0 Å². The van der Waals surface area contributed by atoms with Crippen molar-refractivity contribution in [3.63, 3.8) is 0 Å². The van der Waals surface area contributed by atoms with E-state index in [-0.39, 0.29) is 30.6 Å². The van der Waals surface area contributed by atoms with Gasteiger partial charge in [-0.3, -0.25) is 33.4 Å². The molecule has 30 heteroatoms. The number of esters is 1. The predicted molar refractivity (Wildman–Crippen MR) is 289 cm³/mol. The van der Waals surface area contributed by atoms with Gasteiger partial charge in [0, 0.05) is 56.4 Å². The van der Waals surface area contributed by atoms with Gasteiger partial charge in [0.1, 0.15) is 88.0 Å². The van der Waals surface area contributed by atoms with Gasteiger partial charge >= 0.3 is 11.9 Å². The van der Waals surface area contributed by atoms with Crippen molar-refractivity contribution in [1.29, 1.82) is 0 Å². The van der Waals surface area contributed by atoms with Crippen LogP contribution in [-0.2, 0) is 32.9 Å². The highest BCUT2D eigenvalue weighted by Gasteiger charge is 2.21. The van der Waals surface area contributed by atoms with Crippen LogP contribution >= 0.6 is 22.6 Å². The van der Waals surface area contributed by atoms with Crippen LogP contribution in [0.3, 0.4) is 0 Å². The Bertz CT molecular complexity index is 3690. The topological polar surface area (TPSA) is 345 Å². The number of H-pyrrole nitrogens is 1. The van der Waals surface area contributed by atoms with E-state index in [9.17, 15) is 19.2 Å². The third kappa shape index (κ3) is 13.9. The molecule has 402 valence electrons. The van der Waals surface area contributed by atoms with Gasteiger partial charge in [0.2, 0.25) is 0 Å². The smallest absolute Gasteiger partial charge is 0.360 e. The van der Waals surface area contributed by atoms with Crippen molar-refractivity contribution < 1.29 is 29.0 Å². The van der Waals surface area contributed by atoms with E-state index < -0.39 is 11.9 Å². The minimum atomic E-state index is -1.08. The number of carbonyl (C=O) groups excluding carboxylic acids is 3. The highest BCUT2D eigenvalue weighted by Crippen LogP contribution is 2.19. The predicted octanol–water partition coefficient (Wildman–Crippen LogP) is 3.31. The summed E-state index contributed by atoms with van der Waals surface area (Å²) in [5.41, 5.74) is 7.65. The minimum Gasteiger partial charge on any atom is -0.476 e. The molecule has 0 aliphatic carbocycles. The van der Waals surface area contributed by atoms with Crippen LogP contribution in [0.15, 0.2) is 31.0 Å². The third-order valence-corrected chi connectivity index (χ3v) is 10.8. The molecule has 0 aliphatic heterocycles. The Labute approximate surface area is 449 Å². The van der Waals surface area contributed by atoms with Crippen molar-refractivity contribution in [2.75, 3.05) is 49.4 Å². The molecule has 0 bridgehead atoms. The number of hydrogen-bond acceptors (Lipinski definition) is 21. The molecule has 10 rings (SSSR count).